The number of phenolic OH excluding ortho intramolecular Hbond substituents is 1. The number of aromatic nitrogens is 1. The number of aromatic carboxylic acids is 1. The van der Waals surface area contributed by atoms with E-state index in [1.807, 2.05) is 43.5 Å². The molecule has 46 heavy (non-hydrogen) atoms. The van der Waals surface area contributed by atoms with Crippen LogP contribution in [-0.4, -0.2) is 76.7 Å². The molecule has 8 rings (SSSR count). The largest absolute Gasteiger partial charge is 0.504 e. The van der Waals surface area contributed by atoms with Crippen LogP contribution >= 0.6 is 0 Å². The number of hydrogen-bond donors (Lipinski definition) is 3. The molecule has 1 saturated heterocycles. The van der Waals surface area contributed by atoms with Crippen molar-refractivity contribution in [2.24, 2.45) is 5.92 Å². The van der Waals surface area contributed by atoms with Gasteiger partial charge in [-0.15, -0.1) is 0 Å². The SMILES string of the molecule is COc1ccc(-c2cc3cc(C(=O)O)c(C)c(C(C)c4cc(O)c5c6c4C[C@@H]4[C@@H]7C=C[C@H](O)[C@H](O5)[C@]67CCN4C)n3c2)c(OC)c1. The Hall–Kier alpha value is -4.47. The highest BCUT2D eigenvalue weighted by Crippen LogP contribution is 2.63. The number of aliphatic hydroxyl groups is 1. The first-order valence-electron chi connectivity index (χ1n) is 15.8. The molecule has 2 aliphatic heterocycles. The molecule has 4 aliphatic rings. The Morgan fingerprint density at radius 2 is 1.93 bits per heavy atom. The number of likely N-dealkylation sites (tertiary alicyclic amines) is 1. The van der Waals surface area contributed by atoms with Crippen molar-refractivity contribution in [1.29, 1.82) is 0 Å². The summed E-state index contributed by atoms with van der Waals surface area (Å²) in [5.41, 5.74) is 6.90. The lowest BCUT2D eigenvalue weighted by molar-refractivity contribution is -0.0454. The van der Waals surface area contributed by atoms with Crippen LogP contribution < -0.4 is 14.2 Å². The number of carboxylic acids is 1. The van der Waals surface area contributed by atoms with Crippen LogP contribution in [0.1, 0.15) is 57.6 Å². The van der Waals surface area contributed by atoms with Crippen molar-refractivity contribution in [3.05, 3.63) is 88.3 Å². The second-order valence-electron chi connectivity index (χ2n) is 13.3. The molecule has 0 radical (unpaired) electrons. The fourth-order valence-corrected chi connectivity index (χ4v) is 9.20. The molecule has 1 unspecified atom stereocenters. The van der Waals surface area contributed by atoms with Gasteiger partial charge in [-0.1, -0.05) is 19.1 Å². The van der Waals surface area contributed by atoms with E-state index in [4.69, 9.17) is 14.2 Å². The number of nitrogens with zero attached hydrogens (tertiary/aromatic N) is 2. The summed E-state index contributed by atoms with van der Waals surface area (Å²) >= 11 is 0. The van der Waals surface area contributed by atoms with Gasteiger partial charge in [-0.2, -0.15) is 0 Å². The molecule has 1 spiro atoms. The number of fused-ring (bicyclic) bond motifs is 1. The molecule has 2 aromatic carbocycles. The standard InChI is InChI=1S/C37H38N2O7/c1-18(24-16-30(41)34-32-26(24)15-28-27-8-9-29(40)35(46-34)37(27,32)10-11-38(28)3)33-19(2)25(36(42)43)13-21-12-20(17-39(21)33)23-7-6-22(44-4)14-31(23)45-5/h6-9,12-14,16-18,27-29,35,40-41H,10-11,15H2,1-5H3,(H,42,43)/t18?,27-,28+,29-,35-,37-/m0/s1. The Bertz CT molecular complexity index is 1980. The number of likely N-dealkylation sites (N-methyl/N-ethyl adjacent to an activating group) is 1. The van der Waals surface area contributed by atoms with Crippen molar-refractivity contribution >= 4 is 11.5 Å². The fourth-order valence-electron chi connectivity index (χ4n) is 9.20. The summed E-state index contributed by atoms with van der Waals surface area (Å²) in [6.45, 7) is 4.83. The molecular weight excluding hydrogens is 584 g/mol. The Morgan fingerprint density at radius 1 is 1.13 bits per heavy atom. The number of benzene rings is 2. The van der Waals surface area contributed by atoms with E-state index in [1.165, 1.54) is 0 Å². The third kappa shape index (κ3) is 3.72. The summed E-state index contributed by atoms with van der Waals surface area (Å²) in [5.74, 6) is 0.762. The minimum absolute atomic E-state index is 0.0622. The highest BCUT2D eigenvalue weighted by Gasteiger charge is 2.64. The van der Waals surface area contributed by atoms with Crippen LogP contribution in [0.5, 0.6) is 23.0 Å². The zero-order valence-corrected chi connectivity index (χ0v) is 26.6. The van der Waals surface area contributed by atoms with Crippen LogP contribution in [0.25, 0.3) is 16.6 Å². The van der Waals surface area contributed by atoms with E-state index in [0.717, 1.165) is 58.4 Å². The van der Waals surface area contributed by atoms with E-state index in [2.05, 4.69) is 29.3 Å². The molecule has 0 saturated carbocycles. The fraction of sp³-hybridized carbons (Fsp3) is 0.378. The normalized spacial score (nSPS) is 26.5. The third-order valence-corrected chi connectivity index (χ3v) is 11.3. The van der Waals surface area contributed by atoms with Gasteiger partial charge in [0.25, 0.3) is 0 Å². The quantitative estimate of drug-likeness (QED) is 0.249. The van der Waals surface area contributed by atoms with Crippen molar-refractivity contribution < 1.29 is 34.3 Å². The minimum Gasteiger partial charge on any atom is -0.504 e. The number of carbonyl (C=O) groups is 1. The van der Waals surface area contributed by atoms with E-state index in [1.54, 1.807) is 26.4 Å². The summed E-state index contributed by atoms with van der Waals surface area (Å²) < 4.78 is 19.6. The smallest absolute Gasteiger partial charge is 0.336 e. The average Bonchev–Trinajstić information content (AvgIpc) is 3.63. The van der Waals surface area contributed by atoms with E-state index in [0.29, 0.717) is 22.8 Å². The molecule has 3 N–H and O–H groups in total. The molecule has 1 fully saturated rings. The molecule has 9 heteroatoms. The average molecular weight is 623 g/mol. The number of aromatic hydroxyl groups is 1. The Kier molecular flexibility index (Phi) is 6.31. The Morgan fingerprint density at radius 3 is 2.67 bits per heavy atom. The van der Waals surface area contributed by atoms with E-state index in [-0.39, 0.29) is 29.2 Å². The van der Waals surface area contributed by atoms with Crippen LogP contribution in [0, 0.1) is 12.8 Å². The van der Waals surface area contributed by atoms with Gasteiger partial charge in [0.15, 0.2) is 11.5 Å². The number of piperidine rings is 1. The first-order chi connectivity index (χ1) is 22.1. The zero-order chi connectivity index (χ0) is 32.2. The number of phenols is 1. The maximum Gasteiger partial charge on any atom is 0.336 e. The molecule has 6 atom stereocenters. The molecule has 4 aromatic rings. The van der Waals surface area contributed by atoms with Crippen LogP contribution in [0.4, 0.5) is 0 Å². The number of methoxy groups -OCH3 is 2. The summed E-state index contributed by atoms with van der Waals surface area (Å²) in [5, 5.41) is 33.0. The van der Waals surface area contributed by atoms with Crippen LogP contribution in [0.15, 0.2) is 54.7 Å². The lowest BCUT2D eigenvalue weighted by Crippen LogP contribution is -2.64. The topological polar surface area (TPSA) is 113 Å². The maximum atomic E-state index is 12.6. The summed E-state index contributed by atoms with van der Waals surface area (Å²) in [7, 11) is 5.39. The second-order valence-corrected chi connectivity index (χ2v) is 13.3. The molecule has 2 aromatic heterocycles. The summed E-state index contributed by atoms with van der Waals surface area (Å²) in [6, 6.07) is 11.4. The third-order valence-electron chi connectivity index (χ3n) is 11.3. The van der Waals surface area contributed by atoms with Gasteiger partial charge in [0, 0.05) is 63.5 Å². The highest BCUT2D eigenvalue weighted by molar-refractivity contribution is 5.92. The number of rotatable bonds is 6. The van der Waals surface area contributed by atoms with Crippen LogP contribution in [0.2, 0.25) is 0 Å². The van der Waals surface area contributed by atoms with Crippen LogP contribution in [0.3, 0.4) is 0 Å². The first kappa shape index (κ1) is 29.0. The van der Waals surface area contributed by atoms with Gasteiger partial charge in [0.05, 0.1) is 19.8 Å². The number of carboxylic acid groups (broad SMARTS) is 1. The second kappa shape index (κ2) is 10.0. The van der Waals surface area contributed by atoms with E-state index in [9.17, 15) is 20.1 Å². The Balaban J connectivity index is 1.35. The minimum atomic E-state index is -0.992. The van der Waals surface area contributed by atoms with Gasteiger partial charge in [-0.3, -0.25) is 0 Å². The molecule has 238 valence electrons. The molecule has 2 aliphatic carbocycles. The van der Waals surface area contributed by atoms with Crippen molar-refractivity contribution in [3.8, 4) is 34.1 Å². The van der Waals surface area contributed by atoms with Crippen molar-refractivity contribution in [2.75, 3.05) is 27.8 Å². The van der Waals surface area contributed by atoms with Gasteiger partial charge >= 0.3 is 5.97 Å². The molecule has 2 bridgehead atoms. The summed E-state index contributed by atoms with van der Waals surface area (Å²) in [6.07, 6.45) is 6.41. The highest BCUT2D eigenvalue weighted by atomic mass is 16.5. The predicted octanol–water partition coefficient (Wildman–Crippen LogP) is 5.29. The molecule has 4 heterocycles. The molecule has 9 nitrogen and oxygen atoms in total. The number of ether oxygens (including phenoxy) is 3. The van der Waals surface area contributed by atoms with Gasteiger partial charge in [0.2, 0.25) is 0 Å². The van der Waals surface area contributed by atoms with Crippen molar-refractivity contribution in [3.63, 3.8) is 0 Å². The van der Waals surface area contributed by atoms with E-state index < -0.39 is 23.6 Å². The zero-order valence-electron chi connectivity index (χ0n) is 26.6. The van der Waals surface area contributed by atoms with Crippen molar-refractivity contribution in [1.82, 2.24) is 9.30 Å². The Labute approximate surface area is 267 Å². The first-order valence-corrected chi connectivity index (χ1v) is 15.8. The predicted molar refractivity (Wildman–Crippen MR) is 173 cm³/mol. The monoisotopic (exact) mass is 622 g/mol. The number of pyridine rings is 1. The van der Waals surface area contributed by atoms with Gasteiger partial charge < -0.3 is 38.8 Å². The van der Waals surface area contributed by atoms with Gasteiger partial charge in [-0.05, 0) is 80.4 Å². The summed E-state index contributed by atoms with van der Waals surface area (Å²) in [4.78, 5) is 15.0. The van der Waals surface area contributed by atoms with E-state index >= 15 is 0 Å². The van der Waals surface area contributed by atoms with Gasteiger partial charge in [0.1, 0.15) is 23.7 Å². The van der Waals surface area contributed by atoms with Crippen LogP contribution in [-0.2, 0) is 11.8 Å². The molecule has 0 amide bonds. The van der Waals surface area contributed by atoms with Crippen molar-refractivity contribution in [2.45, 2.75) is 56.3 Å². The molecular formula is C37H38N2O7. The lowest BCUT2D eigenvalue weighted by atomic mass is 9.52. The number of hydrogen-bond acceptors (Lipinski definition) is 7. The van der Waals surface area contributed by atoms with Gasteiger partial charge in [-0.25, -0.2) is 4.79 Å². The number of aliphatic hydroxyl groups excluding tert-OH is 1. The lowest BCUT2D eigenvalue weighted by Gasteiger charge is -2.56. The maximum absolute atomic E-state index is 12.6.